The summed E-state index contributed by atoms with van der Waals surface area (Å²) >= 11 is 5.06. The van der Waals surface area contributed by atoms with Crippen LogP contribution in [0.4, 0.5) is 0 Å². The van der Waals surface area contributed by atoms with Crippen molar-refractivity contribution in [3.63, 3.8) is 0 Å². The Bertz CT molecular complexity index is 739. The van der Waals surface area contributed by atoms with E-state index in [1.54, 1.807) is 11.8 Å². The molecule has 0 bridgehead atoms. The number of furan rings is 1. The Morgan fingerprint density at radius 2 is 1.95 bits per heavy atom. The van der Waals surface area contributed by atoms with Crippen LogP contribution >= 0.6 is 27.7 Å². The summed E-state index contributed by atoms with van der Waals surface area (Å²) in [6.45, 7) is 2.89. The maximum absolute atomic E-state index is 5.65. The molecule has 6 heteroatoms. The van der Waals surface area contributed by atoms with Crippen molar-refractivity contribution in [3.05, 3.63) is 52.7 Å². The summed E-state index contributed by atoms with van der Waals surface area (Å²) in [6.07, 6.45) is 1.10. The summed E-state index contributed by atoms with van der Waals surface area (Å²) in [5, 5.41) is 9.59. The maximum atomic E-state index is 5.65. The molecule has 2 heterocycles. The van der Waals surface area contributed by atoms with Gasteiger partial charge in [-0.1, -0.05) is 49.0 Å². The van der Waals surface area contributed by atoms with E-state index in [1.807, 2.05) is 30.3 Å². The highest BCUT2D eigenvalue weighted by Gasteiger charge is 2.17. The topological polar surface area (TPSA) is 43.9 Å². The SMILES string of the molecule is CCCSc1nnc(-c2ccc(Br)o2)n1Cc1ccccc1. The fourth-order valence-electron chi connectivity index (χ4n) is 2.11. The zero-order valence-electron chi connectivity index (χ0n) is 12.2. The first-order chi connectivity index (χ1) is 10.8. The second-order valence-corrected chi connectivity index (χ2v) is 6.67. The molecule has 0 saturated heterocycles. The number of hydrogen-bond donors (Lipinski definition) is 0. The Balaban J connectivity index is 1.97. The third-order valence-electron chi connectivity index (χ3n) is 3.13. The number of aromatic nitrogens is 3. The van der Waals surface area contributed by atoms with Crippen molar-refractivity contribution < 1.29 is 4.42 Å². The van der Waals surface area contributed by atoms with Gasteiger partial charge in [-0.15, -0.1) is 10.2 Å². The van der Waals surface area contributed by atoms with Crippen LogP contribution in [0.3, 0.4) is 0 Å². The normalized spacial score (nSPS) is 11.0. The van der Waals surface area contributed by atoms with Gasteiger partial charge >= 0.3 is 0 Å². The zero-order valence-corrected chi connectivity index (χ0v) is 14.6. The summed E-state index contributed by atoms with van der Waals surface area (Å²) in [4.78, 5) is 0. The Hall–Kier alpha value is -1.53. The first kappa shape index (κ1) is 15.4. The highest BCUT2D eigenvalue weighted by atomic mass is 79.9. The number of rotatable bonds is 6. The second-order valence-electron chi connectivity index (χ2n) is 4.83. The van der Waals surface area contributed by atoms with Gasteiger partial charge < -0.3 is 4.42 Å². The molecule has 4 nitrogen and oxygen atoms in total. The van der Waals surface area contributed by atoms with Gasteiger partial charge in [-0.3, -0.25) is 4.57 Å². The molecule has 22 heavy (non-hydrogen) atoms. The highest BCUT2D eigenvalue weighted by molar-refractivity contribution is 9.10. The van der Waals surface area contributed by atoms with Crippen molar-refractivity contribution in [1.29, 1.82) is 0 Å². The summed E-state index contributed by atoms with van der Waals surface area (Å²) in [6, 6.07) is 14.1. The third kappa shape index (κ3) is 3.44. The summed E-state index contributed by atoms with van der Waals surface area (Å²) in [5.41, 5.74) is 1.22. The molecule has 0 aliphatic heterocycles. The van der Waals surface area contributed by atoms with Gasteiger partial charge in [-0.2, -0.15) is 0 Å². The second kappa shape index (κ2) is 7.15. The predicted octanol–water partition coefficient (Wildman–Crippen LogP) is 4.85. The summed E-state index contributed by atoms with van der Waals surface area (Å²) in [5.74, 6) is 2.50. The minimum atomic E-state index is 0.694. The standard InChI is InChI=1S/C16H16BrN3OS/c1-2-10-22-16-19-18-15(13-8-9-14(17)21-13)20(16)11-12-6-4-3-5-7-12/h3-9H,2,10-11H2,1H3. The largest absolute Gasteiger partial charge is 0.446 e. The average Bonchev–Trinajstić information content (AvgIpc) is 3.13. The zero-order chi connectivity index (χ0) is 15.4. The number of thioether (sulfide) groups is 1. The van der Waals surface area contributed by atoms with Crippen LogP contribution in [0.15, 0.2) is 56.7 Å². The Labute approximate surface area is 142 Å². The first-order valence-corrected chi connectivity index (χ1v) is 8.91. The van der Waals surface area contributed by atoms with Crippen LogP contribution in [0.5, 0.6) is 0 Å². The van der Waals surface area contributed by atoms with E-state index in [0.29, 0.717) is 4.67 Å². The lowest BCUT2D eigenvalue weighted by Gasteiger charge is -2.09. The van der Waals surface area contributed by atoms with E-state index in [1.165, 1.54) is 5.56 Å². The third-order valence-corrected chi connectivity index (χ3v) is 4.73. The van der Waals surface area contributed by atoms with Crippen LogP contribution in [0.2, 0.25) is 0 Å². The van der Waals surface area contributed by atoms with Gasteiger partial charge in [0, 0.05) is 5.75 Å². The Morgan fingerprint density at radius 3 is 2.64 bits per heavy atom. The lowest BCUT2D eigenvalue weighted by molar-refractivity contribution is 0.545. The van der Waals surface area contributed by atoms with Crippen molar-refractivity contribution in [1.82, 2.24) is 14.8 Å². The minimum Gasteiger partial charge on any atom is -0.446 e. The molecule has 2 aromatic heterocycles. The van der Waals surface area contributed by atoms with Gasteiger partial charge in [-0.25, -0.2) is 0 Å². The number of nitrogens with zero attached hydrogens (tertiary/aromatic N) is 3. The lowest BCUT2D eigenvalue weighted by atomic mass is 10.2. The van der Waals surface area contributed by atoms with Gasteiger partial charge in [0.15, 0.2) is 15.6 Å². The molecule has 0 aliphatic carbocycles. The Morgan fingerprint density at radius 1 is 1.14 bits per heavy atom. The average molecular weight is 378 g/mol. The summed E-state index contributed by atoms with van der Waals surface area (Å²) in [7, 11) is 0. The fourth-order valence-corrected chi connectivity index (χ4v) is 3.21. The van der Waals surface area contributed by atoms with Crippen molar-refractivity contribution in [3.8, 4) is 11.6 Å². The van der Waals surface area contributed by atoms with E-state index in [0.717, 1.165) is 35.5 Å². The summed E-state index contributed by atoms with van der Waals surface area (Å²) < 4.78 is 8.46. The molecular formula is C16H16BrN3OS. The fraction of sp³-hybridized carbons (Fsp3) is 0.250. The Kier molecular flexibility index (Phi) is 5.00. The molecule has 0 unspecified atom stereocenters. The van der Waals surface area contributed by atoms with E-state index in [9.17, 15) is 0 Å². The van der Waals surface area contributed by atoms with Gasteiger partial charge in [0.25, 0.3) is 0 Å². The molecule has 0 fully saturated rings. The molecule has 114 valence electrons. The maximum Gasteiger partial charge on any atom is 0.200 e. The first-order valence-electron chi connectivity index (χ1n) is 7.13. The van der Waals surface area contributed by atoms with E-state index in [2.05, 4.69) is 49.8 Å². The van der Waals surface area contributed by atoms with Crippen LogP contribution < -0.4 is 0 Å². The van der Waals surface area contributed by atoms with Gasteiger partial charge in [-0.05, 0) is 40.0 Å². The van der Waals surface area contributed by atoms with Crippen molar-refractivity contribution in [2.45, 2.75) is 25.0 Å². The minimum absolute atomic E-state index is 0.694. The van der Waals surface area contributed by atoms with Crippen molar-refractivity contribution >= 4 is 27.7 Å². The van der Waals surface area contributed by atoms with E-state index < -0.39 is 0 Å². The highest BCUT2D eigenvalue weighted by Crippen LogP contribution is 2.28. The molecule has 0 spiro atoms. The quantitative estimate of drug-likeness (QED) is 0.575. The lowest BCUT2D eigenvalue weighted by Crippen LogP contribution is -2.04. The van der Waals surface area contributed by atoms with Crippen LogP contribution in [0, 0.1) is 0 Å². The van der Waals surface area contributed by atoms with E-state index >= 15 is 0 Å². The predicted molar refractivity (Wildman–Crippen MR) is 92.0 cm³/mol. The molecule has 3 aromatic rings. The van der Waals surface area contributed by atoms with Crippen molar-refractivity contribution in [2.24, 2.45) is 0 Å². The van der Waals surface area contributed by atoms with Gasteiger partial charge in [0.2, 0.25) is 5.82 Å². The van der Waals surface area contributed by atoms with Gasteiger partial charge in [0.1, 0.15) is 0 Å². The number of benzene rings is 1. The molecule has 0 atom stereocenters. The van der Waals surface area contributed by atoms with E-state index in [4.69, 9.17) is 4.42 Å². The molecule has 0 saturated carbocycles. The monoisotopic (exact) mass is 377 g/mol. The van der Waals surface area contributed by atoms with Crippen LogP contribution in [-0.2, 0) is 6.54 Å². The van der Waals surface area contributed by atoms with E-state index in [-0.39, 0.29) is 0 Å². The van der Waals surface area contributed by atoms with Crippen LogP contribution in [0.1, 0.15) is 18.9 Å². The van der Waals surface area contributed by atoms with Gasteiger partial charge in [0.05, 0.1) is 6.54 Å². The molecule has 0 aliphatic rings. The molecule has 0 amide bonds. The number of hydrogen-bond acceptors (Lipinski definition) is 4. The molecule has 3 rings (SSSR count). The molecular weight excluding hydrogens is 362 g/mol. The van der Waals surface area contributed by atoms with Crippen LogP contribution in [-0.4, -0.2) is 20.5 Å². The number of halogens is 1. The van der Waals surface area contributed by atoms with Crippen LogP contribution in [0.25, 0.3) is 11.6 Å². The smallest absolute Gasteiger partial charge is 0.200 e. The molecule has 1 aromatic carbocycles. The van der Waals surface area contributed by atoms with Crippen molar-refractivity contribution in [2.75, 3.05) is 5.75 Å². The molecule has 0 N–H and O–H groups in total. The molecule has 0 radical (unpaired) electrons.